The molecule has 0 aliphatic rings. The van der Waals surface area contributed by atoms with Crippen LogP contribution in [0, 0.1) is 6.92 Å². The molecule has 1 rings (SSSR count). The topological polar surface area (TPSA) is 20.2 Å². The van der Waals surface area contributed by atoms with Crippen LogP contribution in [0.4, 0.5) is 0 Å². The Kier molecular flexibility index (Phi) is 2.63. The van der Waals surface area contributed by atoms with Crippen LogP contribution in [0.25, 0.3) is 0 Å². The molecular formula is C10H13ClO. The Morgan fingerprint density at radius 2 is 1.92 bits per heavy atom. The molecule has 66 valence electrons. The van der Waals surface area contributed by atoms with Crippen molar-refractivity contribution in [2.24, 2.45) is 0 Å². The van der Waals surface area contributed by atoms with Gasteiger partial charge >= 0.3 is 0 Å². The number of phenolic OH excluding ortho intramolecular Hbond substituents is 1. The van der Waals surface area contributed by atoms with Gasteiger partial charge in [0, 0.05) is 5.02 Å². The summed E-state index contributed by atoms with van der Waals surface area (Å²) in [7, 11) is 0. The molecule has 0 spiro atoms. The third-order valence-electron chi connectivity index (χ3n) is 1.92. The lowest BCUT2D eigenvalue weighted by atomic mass is 10.00. The van der Waals surface area contributed by atoms with Gasteiger partial charge < -0.3 is 5.11 Å². The van der Waals surface area contributed by atoms with Gasteiger partial charge in [0.25, 0.3) is 0 Å². The van der Waals surface area contributed by atoms with Gasteiger partial charge in [-0.25, -0.2) is 0 Å². The number of aryl methyl sites for hydroxylation is 1. The van der Waals surface area contributed by atoms with Gasteiger partial charge in [-0.2, -0.15) is 0 Å². The van der Waals surface area contributed by atoms with Crippen molar-refractivity contribution in [3.8, 4) is 5.75 Å². The van der Waals surface area contributed by atoms with Crippen LogP contribution >= 0.6 is 11.6 Å². The number of hydrogen-bond donors (Lipinski definition) is 1. The largest absolute Gasteiger partial charge is 0.507 e. The van der Waals surface area contributed by atoms with E-state index in [1.165, 1.54) is 0 Å². The van der Waals surface area contributed by atoms with Gasteiger partial charge in [0.05, 0.1) is 0 Å². The lowest BCUT2D eigenvalue weighted by Crippen LogP contribution is -1.90. The zero-order valence-electron chi connectivity index (χ0n) is 7.56. The van der Waals surface area contributed by atoms with Crippen LogP contribution in [0.15, 0.2) is 12.1 Å². The average Bonchev–Trinajstić information content (AvgIpc) is 1.96. The second-order valence-electron chi connectivity index (χ2n) is 3.32. The molecule has 0 saturated carbocycles. The second kappa shape index (κ2) is 3.36. The van der Waals surface area contributed by atoms with E-state index < -0.39 is 0 Å². The summed E-state index contributed by atoms with van der Waals surface area (Å²) < 4.78 is 0. The molecule has 0 aliphatic carbocycles. The van der Waals surface area contributed by atoms with Crippen molar-refractivity contribution in [2.75, 3.05) is 0 Å². The standard InChI is InChI=1S/C10H13ClO/c1-6(2)9-5-8(11)4-7(3)10(9)12/h4-6,12H,1-3H3. The normalized spacial score (nSPS) is 10.8. The van der Waals surface area contributed by atoms with E-state index in [9.17, 15) is 5.11 Å². The summed E-state index contributed by atoms with van der Waals surface area (Å²) in [4.78, 5) is 0. The summed E-state index contributed by atoms with van der Waals surface area (Å²) in [6.45, 7) is 5.92. The quantitative estimate of drug-likeness (QED) is 0.709. The first-order chi connectivity index (χ1) is 5.52. The van der Waals surface area contributed by atoms with Crippen LogP contribution in [-0.4, -0.2) is 5.11 Å². The number of benzene rings is 1. The van der Waals surface area contributed by atoms with Crippen LogP contribution in [-0.2, 0) is 0 Å². The smallest absolute Gasteiger partial charge is 0.122 e. The Hall–Kier alpha value is -0.690. The van der Waals surface area contributed by atoms with Gasteiger partial charge in [-0.3, -0.25) is 0 Å². The molecule has 1 N–H and O–H groups in total. The number of hydrogen-bond acceptors (Lipinski definition) is 1. The van der Waals surface area contributed by atoms with Crippen LogP contribution < -0.4 is 0 Å². The molecule has 0 aromatic heterocycles. The van der Waals surface area contributed by atoms with Crippen LogP contribution in [0.3, 0.4) is 0 Å². The maximum absolute atomic E-state index is 9.63. The highest BCUT2D eigenvalue weighted by atomic mass is 35.5. The SMILES string of the molecule is Cc1cc(Cl)cc(C(C)C)c1O. The number of halogens is 1. The maximum atomic E-state index is 9.63. The Labute approximate surface area is 78.0 Å². The minimum Gasteiger partial charge on any atom is -0.507 e. The molecule has 0 saturated heterocycles. The third-order valence-corrected chi connectivity index (χ3v) is 2.13. The van der Waals surface area contributed by atoms with Crippen molar-refractivity contribution >= 4 is 11.6 Å². The fourth-order valence-electron chi connectivity index (χ4n) is 1.20. The van der Waals surface area contributed by atoms with E-state index in [4.69, 9.17) is 11.6 Å². The van der Waals surface area contributed by atoms with E-state index >= 15 is 0 Å². The molecule has 12 heavy (non-hydrogen) atoms. The van der Waals surface area contributed by atoms with E-state index in [2.05, 4.69) is 0 Å². The van der Waals surface area contributed by atoms with E-state index in [1.807, 2.05) is 26.8 Å². The molecule has 1 aromatic rings. The van der Waals surface area contributed by atoms with E-state index in [-0.39, 0.29) is 0 Å². The van der Waals surface area contributed by atoms with Crippen LogP contribution in [0.5, 0.6) is 5.75 Å². The van der Waals surface area contributed by atoms with Crippen molar-refractivity contribution in [2.45, 2.75) is 26.7 Å². The highest BCUT2D eigenvalue weighted by Crippen LogP contribution is 2.31. The molecule has 0 radical (unpaired) electrons. The van der Waals surface area contributed by atoms with E-state index in [1.54, 1.807) is 6.07 Å². The lowest BCUT2D eigenvalue weighted by Gasteiger charge is -2.10. The molecule has 0 bridgehead atoms. The Balaban J connectivity index is 3.28. The summed E-state index contributed by atoms with van der Waals surface area (Å²) in [5.41, 5.74) is 1.76. The summed E-state index contributed by atoms with van der Waals surface area (Å²) in [5, 5.41) is 10.3. The van der Waals surface area contributed by atoms with E-state index in [0.717, 1.165) is 11.1 Å². The van der Waals surface area contributed by atoms with Gasteiger partial charge in [-0.05, 0) is 36.1 Å². The Morgan fingerprint density at radius 3 is 2.42 bits per heavy atom. The molecule has 0 aliphatic heterocycles. The monoisotopic (exact) mass is 184 g/mol. The molecule has 0 amide bonds. The van der Waals surface area contributed by atoms with Crippen molar-refractivity contribution in [3.63, 3.8) is 0 Å². The molecule has 0 fully saturated rings. The highest BCUT2D eigenvalue weighted by Gasteiger charge is 2.08. The predicted molar refractivity (Wildman–Crippen MR) is 51.9 cm³/mol. The Morgan fingerprint density at radius 1 is 1.33 bits per heavy atom. The number of phenols is 1. The minimum absolute atomic E-state index is 0.308. The van der Waals surface area contributed by atoms with Crippen molar-refractivity contribution < 1.29 is 5.11 Å². The van der Waals surface area contributed by atoms with Gasteiger partial charge in [0.15, 0.2) is 0 Å². The van der Waals surface area contributed by atoms with Crippen molar-refractivity contribution in [1.29, 1.82) is 0 Å². The van der Waals surface area contributed by atoms with Gasteiger partial charge in [-0.1, -0.05) is 25.4 Å². The second-order valence-corrected chi connectivity index (χ2v) is 3.75. The fraction of sp³-hybridized carbons (Fsp3) is 0.400. The first kappa shape index (κ1) is 9.40. The first-order valence-electron chi connectivity index (χ1n) is 4.01. The number of rotatable bonds is 1. The Bertz CT molecular complexity index is 292. The zero-order chi connectivity index (χ0) is 9.30. The summed E-state index contributed by atoms with van der Waals surface area (Å²) in [6.07, 6.45) is 0. The molecule has 0 atom stereocenters. The van der Waals surface area contributed by atoms with Gasteiger partial charge in [0.2, 0.25) is 0 Å². The first-order valence-corrected chi connectivity index (χ1v) is 4.39. The molecule has 2 heteroatoms. The fourth-order valence-corrected chi connectivity index (χ4v) is 1.48. The van der Waals surface area contributed by atoms with E-state index in [0.29, 0.717) is 16.7 Å². The number of aromatic hydroxyl groups is 1. The van der Waals surface area contributed by atoms with Crippen LogP contribution in [0.2, 0.25) is 5.02 Å². The molecular weight excluding hydrogens is 172 g/mol. The summed E-state index contributed by atoms with van der Waals surface area (Å²) >= 11 is 5.86. The predicted octanol–water partition coefficient (Wildman–Crippen LogP) is 3.48. The maximum Gasteiger partial charge on any atom is 0.122 e. The summed E-state index contributed by atoms with van der Waals surface area (Å²) in [6, 6.07) is 3.58. The van der Waals surface area contributed by atoms with Gasteiger partial charge in [-0.15, -0.1) is 0 Å². The molecule has 1 nitrogen and oxygen atoms in total. The summed E-state index contributed by atoms with van der Waals surface area (Å²) in [5.74, 6) is 0.678. The van der Waals surface area contributed by atoms with Crippen molar-refractivity contribution in [1.82, 2.24) is 0 Å². The molecule has 0 heterocycles. The van der Waals surface area contributed by atoms with Crippen LogP contribution in [0.1, 0.15) is 30.9 Å². The molecule has 0 unspecified atom stereocenters. The lowest BCUT2D eigenvalue weighted by molar-refractivity contribution is 0.460. The van der Waals surface area contributed by atoms with Crippen molar-refractivity contribution in [3.05, 3.63) is 28.3 Å². The third kappa shape index (κ3) is 1.72. The van der Waals surface area contributed by atoms with Gasteiger partial charge in [0.1, 0.15) is 5.75 Å². The average molecular weight is 185 g/mol. The minimum atomic E-state index is 0.308. The molecule has 1 aromatic carbocycles. The zero-order valence-corrected chi connectivity index (χ0v) is 8.31. The highest BCUT2D eigenvalue weighted by molar-refractivity contribution is 6.30.